The molecule has 2 saturated carbocycles. The van der Waals surface area contributed by atoms with Crippen molar-refractivity contribution >= 4 is 11.8 Å². The second-order valence-electron chi connectivity index (χ2n) is 9.25. The van der Waals surface area contributed by atoms with Crippen LogP contribution in [0.15, 0.2) is 30.3 Å². The highest BCUT2D eigenvalue weighted by atomic mass is 16.3. The molecular weight excluding hydrogens is 396 g/mol. The zero-order valence-electron chi connectivity index (χ0n) is 17.9. The van der Waals surface area contributed by atoms with Crippen molar-refractivity contribution in [2.75, 3.05) is 26.2 Å². The highest BCUT2D eigenvalue weighted by molar-refractivity contribution is 5.81. The lowest BCUT2D eigenvalue weighted by atomic mass is 10.1. The Morgan fingerprint density at radius 1 is 0.871 bits per heavy atom. The van der Waals surface area contributed by atoms with Gasteiger partial charge in [0.2, 0.25) is 11.8 Å². The number of carbonyl (C=O) groups excluding carboxylic acids is 2. The van der Waals surface area contributed by atoms with Gasteiger partial charge in [-0.15, -0.1) is 0 Å². The lowest BCUT2D eigenvalue weighted by molar-refractivity contribution is -0.128. The average Bonchev–Trinajstić information content (AvgIpc) is 3.66. The summed E-state index contributed by atoms with van der Waals surface area (Å²) in [5, 5.41) is 28.3. The molecule has 2 saturated heterocycles. The summed E-state index contributed by atoms with van der Waals surface area (Å²) in [5.41, 5.74) is 1.22. The number of β-amino-alcohol motifs (C(OH)–C–C–N with tert-alkyl or cyclic N) is 2. The van der Waals surface area contributed by atoms with Gasteiger partial charge in [0, 0.05) is 44.8 Å². The molecule has 1 aromatic carbocycles. The number of aliphatic hydroxyl groups excluding tert-OH is 2. The molecule has 8 nitrogen and oxygen atoms in total. The summed E-state index contributed by atoms with van der Waals surface area (Å²) in [4.78, 5) is 25.6. The van der Waals surface area contributed by atoms with E-state index in [1.807, 2.05) is 18.2 Å². The van der Waals surface area contributed by atoms with Crippen molar-refractivity contribution in [3.63, 3.8) is 0 Å². The molecule has 2 aliphatic heterocycles. The van der Waals surface area contributed by atoms with Crippen LogP contribution in [-0.4, -0.2) is 77.4 Å². The molecule has 5 N–H and O–H groups in total. The first-order chi connectivity index (χ1) is 15.0. The van der Waals surface area contributed by atoms with Gasteiger partial charge in [-0.1, -0.05) is 30.3 Å². The Kier molecular flexibility index (Phi) is 7.22. The molecule has 31 heavy (non-hydrogen) atoms. The number of nitrogens with zero attached hydrogens (tertiary/aromatic N) is 1. The van der Waals surface area contributed by atoms with Gasteiger partial charge in [0.15, 0.2) is 0 Å². The zero-order valence-corrected chi connectivity index (χ0v) is 17.9. The van der Waals surface area contributed by atoms with E-state index in [1.165, 1.54) is 5.56 Å². The summed E-state index contributed by atoms with van der Waals surface area (Å²) < 4.78 is 0. The van der Waals surface area contributed by atoms with E-state index < -0.39 is 12.2 Å². The van der Waals surface area contributed by atoms with Gasteiger partial charge in [-0.05, 0) is 31.2 Å². The Morgan fingerprint density at radius 2 is 1.48 bits per heavy atom. The number of hydrogen-bond acceptors (Lipinski definition) is 6. The fourth-order valence-corrected chi connectivity index (χ4v) is 4.10. The first kappa shape index (κ1) is 22.2. The fourth-order valence-electron chi connectivity index (χ4n) is 4.10. The van der Waals surface area contributed by atoms with Crippen molar-refractivity contribution in [1.82, 2.24) is 20.9 Å². The van der Waals surface area contributed by atoms with Gasteiger partial charge in [-0.25, -0.2) is 0 Å². The van der Waals surface area contributed by atoms with Crippen molar-refractivity contribution in [1.29, 1.82) is 0 Å². The number of amides is 2. The molecular formula is C23H34N4O4. The van der Waals surface area contributed by atoms with Crippen molar-refractivity contribution in [3.8, 4) is 0 Å². The Bertz CT molecular complexity index is 753. The highest BCUT2D eigenvalue weighted by Crippen LogP contribution is 2.23. The predicted octanol–water partition coefficient (Wildman–Crippen LogP) is -0.397. The van der Waals surface area contributed by atoms with Gasteiger partial charge < -0.3 is 26.2 Å². The Hall–Kier alpha value is -2.00. The van der Waals surface area contributed by atoms with E-state index in [4.69, 9.17) is 0 Å². The van der Waals surface area contributed by atoms with E-state index in [-0.39, 0.29) is 23.7 Å². The standard InChI is InChI=1S/C15H20N2O2.C8H14N2O2/c18-14-10-17(8-11-4-2-1-3-5-11)9-13(14)15(19)16-12-6-7-12;11-7-4-9-3-6(7)8(12)10-5-1-2-5/h1-5,12-14,18H,6-10H2,(H,16,19);5-7,9,11H,1-4H2,(H,10,12)/t13-,14-;/m0./s1. The molecule has 170 valence electrons. The van der Waals surface area contributed by atoms with E-state index in [2.05, 4.69) is 33.0 Å². The van der Waals surface area contributed by atoms with E-state index in [0.717, 1.165) is 32.2 Å². The minimum Gasteiger partial charge on any atom is -0.391 e. The minimum absolute atomic E-state index is 0.00926. The third-order valence-electron chi connectivity index (χ3n) is 6.32. The molecule has 4 aliphatic rings. The Balaban J connectivity index is 0.000000166. The first-order valence-corrected chi connectivity index (χ1v) is 11.4. The molecule has 0 spiro atoms. The summed E-state index contributed by atoms with van der Waals surface area (Å²) in [6, 6.07) is 10.9. The molecule has 2 heterocycles. The van der Waals surface area contributed by atoms with Crippen LogP contribution in [0.3, 0.4) is 0 Å². The average molecular weight is 431 g/mol. The minimum atomic E-state index is -0.539. The maximum Gasteiger partial charge on any atom is 0.227 e. The predicted molar refractivity (Wildman–Crippen MR) is 116 cm³/mol. The summed E-state index contributed by atoms with van der Waals surface area (Å²) >= 11 is 0. The van der Waals surface area contributed by atoms with Gasteiger partial charge in [0.25, 0.3) is 0 Å². The molecule has 4 fully saturated rings. The van der Waals surface area contributed by atoms with Crippen LogP contribution in [0.4, 0.5) is 0 Å². The smallest absolute Gasteiger partial charge is 0.227 e. The second-order valence-corrected chi connectivity index (χ2v) is 9.25. The molecule has 2 unspecified atom stereocenters. The van der Waals surface area contributed by atoms with Crippen LogP contribution >= 0.6 is 0 Å². The Labute approximate surface area is 183 Å². The summed E-state index contributed by atoms with van der Waals surface area (Å²) in [6.45, 7) is 3.18. The first-order valence-electron chi connectivity index (χ1n) is 11.4. The molecule has 5 rings (SSSR count). The van der Waals surface area contributed by atoms with Gasteiger partial charge >= 0.3 is 0 Å². The van der Waals surface area contributed by atoms with E-state index >= 15 is 0 Å². The molecule has 8 heteroatoms. The molecule has 2 aliphatic carbocycles. The molecule has 0 bridgehead atoms. The van der Waals surface area contributed by atoms with Crippen LogP contribution in [0.1, 0.15) is 31.2 Å². The lowest BCUT2D eigenvalue weighted by Gasteiger charge is -2.15. The van der Waals surface area contributed by atoms with Crippen LogP contribution in [-0.2, 0) is 16.1 Å². The summed E-state index contributed by atoms with van der Waals surface area (Å²) in [7, 11) is 0. The topological polar surface area (TPSA) is 114 Å². The van der Waals surface area contributed by atoms with Gasteiger partial charge in [0.05, 0.1) is 24.0 Å². The quantitative estimate of drug-likeness (QED) is 0.420. The number of benzene rings is 1. The van der Waals surface area contributed by atoms with Crippen LogP contribution in [0.2, 0.25) is 0 Å². The van der Waals surface area contributed by atoms with Crippen LogP contribution in [0.5, 0.6) is 0 Å². The summed E-state index contributed by atoms with van der Waals surface area (Å²) in [5.74, 6) is -0.476. The lowest BCUT2D eigenvalue weighted by Crippen LogP contribution is -2.38. The number of rotatable bonds is 6. The van der Waals surface area contributed by atoms with Gasteiger partial charge in [0.1, 0.15) is 0 Å². The monoisotopic (exact) mass is 430 g/mol. The largest absolute Gasteiger partial charge is 0.391 e. The Morgan fingerprint density at radius 3 is 2.03 bits per heavy atom. The van der Waals surface area contributed by atoms with Crippen molar-refractivity contribution < 1.29 is 19.8 Å². The molecule has 1 aromatic rings. The highest BCUT2D eigenvalue weighted by Gasteiger charge is 2.38. The third-order valence-corrected chi connectivity index (χ3v) is 6.32. The maximum atomic E-state index is 12.0. The third kappa shape index (κ3) is 6.49. The van der Waals surface area contributed by atoms with Crippen LogP contribution in [0.25, 0.3) is 0 Å². The van der Waals surface area contributed by atoms with Gasteiger partial charge in [-0.2, -0.15) is 0 Å². The van der Waals surface area contributed by atoms with E-state index in [0.29, 0.717) is 38.3 Å². The van der Waals surface area contributed by atoms with Gasteiger partial charge in [-0.3, -0.25) is 14.5 Å². The van der Waals surface area contributed by atoms with E-state index in [1.54, 1.807) is 0 Å². The molecule has 2 amide bonds. The number of carbonyl (C=O) groups is 2. The maximum absolute atomic E-state index is 12.0. The normalized spacial score (nSPS) is 30.4. The van der Waals surface area contributed by atoms with Crippen LogP contribution < -0.4 is 16.0 Å². The number of nitrogens with one attached hydrogen (secondary N) is 3. The SMILES string of the molecule is O=C(NC1CC1)C1CNCC1O.O=C(NC1CC1)[C@H]1CN(Cc2ccccc2)C[C@@H]1O. The number of likely N-dealkylation sites (tertiary alicyclic amines) is 1. The van der Waals surface area contributed by atoms with Crippen LogP contribution in [0, 0.1) is 11.8 Å². The number of aliphatic hydroxyl groups is 2. The van der Waals surface area contributed by atoms with Crippen molar-refractivity contribution in [2.45, 2.75) is 56.5 Å². The number of hydrogen-bond donors (Lipinski definition) is 5. The van der Waals surface area contributed by atoms with Crippen molar-refractivity contribution in [2.24, 2.45) is 11.8 Å². The van der Waals surface area contributed by atoms with Crippen molar-refractivity contribution in [3.05, 3.63) is 35.9 Å². The van der Waals surface area contributed by atoms with E-state index in [9.17, 15) is 19.8 Å². The molecule has 4 atom stereocenters. The molecule has 0 radical (unpaired) electrons. The fraction of sp³-hybridized carbons (Fsp3) is 0.652. The zero-order chi connectivity index (χ0) is 21.8. The summed E-state index contributed by atoms with van der Waals surface area (Å²) in [6.07, 6.45) is 3.33. The molecule has 0 aromatic heterocycles. The second kappa shape index (κ2) is 10.1.